The molecule has 0 amide bonds. The fourth-order valence-electron chi connectivity index (χ4n) is 1.35. The van der Waals surface area contributed by atoms with Gasteiger partial charge in [-0.15, -0.1) is 11.3 Å². The van der Waals surface area contributed by atoms with Crippen LogP contribution in [0.2, 0.25) is 9.36 Å². The van der Waals surface area contributed by atoms with Crippen molar-refractivity contribution in [3.8, 4) is 5.75 Å². The molecule has 2 rings (SSSR count). The van der Waals surface area contributed by atoms with E-state index in [-0.39, 0.29) is 20.7 Å². The molecule has 4 nitrogen and oxygen atoms in total. The van der Waals surface area contributed by atoms with Gasteiger partial charge in [0.25, 0.3) is 10.0 Å². The molecule has 1 aromatic heterocycles. The van der Waals surface area contributed by atoms with Gasteiger partial charge in [0.05, 0.1) is 15.0 Å². The Balaban J connectivity index is 2.33. The molecule has 0 saturated carbocycles. The normalized spacial score (nSPS) is 11.5. The molecule has 19 heavy (non-hydrogen) atoms. The summed E-state index contributed by atoms with van der Waals surface area (Å²) >= 11 is 12.5. The van der Waals surface area contributed by atoms with Crippen LogP contribution in [0.5, 0.6) is 5.75 Å². The van der Waals surface area contributed by atoms with Crippen molar-refractivity contribution in [1.82, 2.24) is 0 Å². The average Bonchev–Trinajstić information content (AvgIpc) is 2.65. The van der Waals surface area contributed by atoms with Gasteiger partial charge in [0.15, 0.2) is 0 Å². The summed E-state index contributed by atoms with van der Waals surface area (Å²) in [6.07, 6.45) is 0. The minimum absolute atomic E-state index is 0.115. The highest BCUT2D eigenvalue weighted by Gasteiger charge is 2.19. The average molecular weight is 338 g/mol. The first kappa shape index (κ1) is 14.5. The molecule has 0 spiro atoms. The van der Waals surface area contributed by atoms with E-state index in [0.29, 0.717) is 9.90 Å². The SMILES string of the molecule is Cc1cc(S(=O)(=O)Nc2ccc(Cl)c(O)c2)sc1Cl. The van der Waals surface area contributed by atoms with E-state index in [4.69, 9.17) is 23.2 Å². The zero-order chi connectivity index (χ0) is 14.2. The molecule has 102 valence electrons. The van der Waals surface area contributed by atoms with Gasteiger partial charge in [0, 0.05) is 6.07 Å². The molecule has 0 unspecified atom stereocenters. The van der Waals surface area contributed by atoms with Crippen molar-refractivity contribution in [2.24, 2.45) is 0 Å². The Labute approximate surface area is 124 Å². The Kier molecular flexibility index (Phi) is 3.96. The van der Waals surface area contributed by atoms with Crippen molar-refractivity contribution < 1.29 is 13.5 Å². The first-order valence-corrected chi connectivity index (χ1v) is 8.12. The van der Waals surface area contributed by atoms with Gasteiger partial charge in [0.1, 0.15) is 9.96 Å². The fraction of sp³-hybridized carbons (Fsp3) is 0.0909. The van der Waals surface area contributed by atoms with Gasteiger partial charge in [-0.3, -0.25) is 4.72 Å². The molecule has 0 fully saturated rings. The first-order chi connectivity index (χ1) is 8.79. The first-order valence-electron chi connectivity index (χ1n) is 5.07. The summed E-state index contributed by atoms with van der Waals surface area (Å²) < 4.78 is 27.1. The minimum atomic E-state index is -3.71. The van der Waals surface area contributed by atoms with Crippen molar-refractivity contribution in [3.63, 3.8) is 0 Å². The van der Waals surface area contributed by atoms with Crippen molar-refractivity contribution in [1.29, 1.82) is 0 Å². The topological polar surface area (TPSA) is 66.4 Å². The Morgan fingerprint density at radius 2 is 1.95 bits per heavy atom. The lowest BCUT2D eigenvalue weighted by Gasteiger charge is -2.07. The molecule has 0 bridgehead atoms. The van der Waals surface area contributed by atoms with E-state index in [9.17, 15) is 13.5 Å². The minimum Gasteiger partial charge on any atom is -0.506 e. The van der Waals surface area contributed by atoms with E-state index in [1.807, 2.05) is 0 Å². The summed E-state index contributed by atoms with van der Waals surface area (Å²) in [5.74, 6) is -0.192. The largest absolute Gasteiger partial charge is 0.506 e. The number of thiophene rings is 1. The molecule has 1 aromatic carbocycles. The molecule has 1 heterocycles. The Morgan fingerprint density at radius 1 is 1.26 bits per heavy atom. The predicted octanol–water partition coefficient (Wildman–Crippen LogP) is 3.87. The number of rotatable bonds is 3. The molecule has 0 radical (unpaired) electrons. The Morgan fingerprint density at radius 3 is 2.47 bits per heavy atom. The number of aryl methyl sites for hydroxylation is 1. The number of hydrogen-bond donors (Lipinski definition) is 2. The van der Waals surface area contributed by atoms with Crippen LogP contribution in [0.4, 0.5) is 5.69 Å². The van der Waals surface area contributed by atoms with Crippen LogP contribution in [-0.4, -0.2) is 13.5 Å². The molecular weight excluding hydrogens is 329 g/mol. The monoisotopic (exact) mass is 337 g/mol. The van der Waals surface area contributed by atoms with Crippen LogP contribution in [0.25, 0.3) is 0 Å². The molecule has 8 heteroatoms. The molecular formula is C11H9Cl2NO3S2. The van der Waals surface area contributed by atoms with E-state index < -0.39 is 10.0 Å². The number of aromatic hydroxyl groups is 1. The lowest BCUT2D eigenvalue weighted by atomic mass is 10.3. The third kappa shape index (κ3) is 3.14. The zero-order valence-corrected chi connectivity index (χ0v) is 12.8. The fourth-order valence-corrected chi connectivity index (χ4v) is 4.22. The number of phenols is 1. The highest BCUT2D eigenvalue weighted by Crippen LogP contribution is 2.32. The van der Waals surface area contributed by atoms with Crippen LogP contribution in [0.3, 0.4) is 0 Å². The second kappa shape index (κ2) is 5.20. The Bertz CT molecular complexity index is 706. The van der Waals surface area contributed by atoms with Gasteiger partial charge >= 0.3 is 0 Å². The predicted molar refractivity (Wildman–Crippen MR) is 78.0 cm³/mol. The third-order valence-electron chi connectivity index (χ3n) is 2.30. The summed E-state index contributed by atoms with van der Waals surface area (Å²) in [7, 11) is -3.71. The van der Waals surface area contributed by atoms with E-state index in [0.717, 1.165) is 11.3 Å². The van der Waals surface area contributed by atoms with Crippen molar-refractivity contribution in [3.05, 3.63) is 39.2 Å². The lowest BCUT2D eigenvalue weighted by Crippen LogP contribution is -2.11. The maximum atomic E-state index is 12.1. The summed E-state index contributed by atoms with van der Waals surface area (Å²) in [5, 5.41) is 9.58. The second-order valence-electron chi connectivity index (χ2n) is 3.79. The van der Waals surface area contributed by atoms with Crippen LogP contribution < -0.4 is 4.72 Å². The molecule has 2 N–H and O–H groups in total. The van der Waals surface area contributed by atoms with Gasteiger partial charge in [-0.25, -0.2) is 8.42 Å². The summed E-state index contributed by atoms with van der Waals surface area (Å²) in [4.78, 5) is 0. The summed E-state index contributed by atoms with van der Waals surface area (Å²) in [6.45, 7) is 1.73. The molecule has 0 saturated heterocycles. The van der Waals surface area contributed by atoms with Crippen LogP contribution in [0, 0.1) is 6.92 Å². The third-order valence-corrected chi connectivity index (χ3v) is 6.03. The smallest absolute Gasteiger partial charge is 0.271 e. The maximum absolute atomic E-state index is 12.1. The molecule has 0 aliphatic heterocycles. The number of benzene rings is 1. The second-order valence-corrected chi connectivity index (χ2v) is 7.76. The number of phenolic OH excluding ortho intramolecular Hbond substituents is 1. The van der Waals surface area contributed by atoms with Gasteiger partial charge in [-0.05, 0) is 30.7 Å². The lowest BCUT2D eigenvalue weighted by molar-refractivity contribution is 0.476. The quantitative estimate of drug-likeness (QED) is 0.893. The van der Waals surface area contributed by atoms with Crippen molar-refractivity contribution in [2.75, 3.05) is 4.72 Å². The van der Waals surface area contributed by atoms with E-state index in [1.165, 1.54) is 24.3 Å². The van der Waals surface area contributed by atoms with Crippen molar-refractivity contribution >= 4 is 50.2 Å². The van der Waals surface area contributed by atoms with Gasteiger partial charge in [-0.1, -0.05) is 23.2 Å². The van der Waals surface area contributed by atoms with Crippen LogP contribution in [0.15, 0.2) is 28.5 Å². The molecule has 2 aromatic rings. The maximum Gasteiger partial charge on any atom is 0.271 e. The number of anilines is 1. The van der Waals surface area contributed by atoms with E-state index in [1.54, 1.807) is 6.92 Å². The van der Waals surface area contributed by atoms with Gasteiger partial charge < -0.3 is 5.11 Å². The zero-order valence-electron chi connectivity index (χ0n) is 9.65. The Hall–Kier alpha value is -0.950. The van der Waals surface area contributed by atoms with Crippen molar-refractivity contribution in [2.45, 2.75) is 11.1 Å². The summed E-state index contributed by atoms with van der Waals surface area (Å²) in [5.41, 5.74) is 0.926. The van der Waals surface area contributed by atoms with E-state index >= 15 is 0 Å². The number of sulfonamides is 1. The molecule has 0 aliphatic carbocycles. The summed E-state index contributed by atoms with van der Waals surface area (Å²) in [6, 6.07) is 5.59. The highest BCUT2D eigenvalue weighted by atomic mass is 35.5. The molecule has 0 atom stereocenters. The van der Waals surface area contributed by atoms with Crippen LogP contribution >= 0.6 is 34.5 Å². The number of halogens is 2. The number of nitrogens with one attached hydrogen (secondary N) is 1. The van der Waals surface area contributed by atoms with Gasteiger partial charge in [0.2, 0.25) is 0 Å². The molecule has 0 aliphatic rings. The van der Waals surface area contributed by atoms with Gasteiger partial charge in [-0.2, -0.15) is 0 Å². The number of hydrogen-bond acceptors (Lipinski definition) is 4. The van der Waals surface area contributed by atoms with Crippen LogP contribution in [0.1, 0.15) is 5.56 Å². The standard InChI is InChI=1S/C11H9Cl2NO3S2/c1-6-4-10(18-11(6)13)19(16,17)14-7-2-3-8(12)9(15)5-7/h2-5,14-15H,1H3. The highest BCUT2D eigenvalue weighted by molar-refractivity contribution is 7.94. The van der Waals surface area contributed by atoms with E-state index in [2.05, 4.69) is 4.72 Å². The van der Waals surface area contributed by atoms with Crippen LogP contribution in [-0.2, 0) is 10.0 Å².